The van der Waals surface area contributed by atoms with Crippen molar-refractivity contribution in [2.24, 2.45) is 0 Å². The highest BCUT2D eigenvalue weighted by molar-refractivity contribution is 7.86. The van der Waals surface area contributed by atoms with Crippen molar-refractivity contribution in [3.8, 4) is 0 Å². The van der Waals surface area contributed by atoms with Gasteiger partial charge in [-0.2, -0.15) is 29.5 Å². The van der Waals surface area contributed by atoms with Crippen molar-refractivity contribution in [2.45, 2.75) is 99.5 Å². The Morgan fingerprint density at radius 3 is 1.83 bits per heavy atom. The molecular weight excluding hydrogens is 577 g/mol. The minimum atomic E-state index is -4.40. The Morgan fingerprint density at radius 1 is 0.707 bits per heavy atom. The van der Waals surface area contributed by atoms with E-state index >= 15 is 0 Å². The predicted molar refractivity (Wildman–Crippen MR) is 168 cm³/mol. The minimum Gasteiger partial charge on any atom is -0.282 e. The van der Waals surface area contributed by atoms with Gasteiger partial charge in [-0.05, 0) is 96.4 Å². The number of thiol groups is 1. The Balaban J connectivity index is 1.69. The Kier molecular flexibility index (Phi) is 12.1. The first-order valence-corrected chi connectivity index (χ1v) is 17.8. The molecule has 0 saturated carbocycles. The van der Waals surface area contributed by atoms with E-state index in [4.69, 9.17) is 0 Å². The molecule has 2 N–H and O–H groups in total. The van der Waals surface area contributed by atoms with E-state index < -0.39 is 20.2 Å². The van der Waals surface area contributed by atoms with Gasteiger partial charge in [0.25, 0.3) is 20.2 Å². The lowest BCUT2D eigenvalue weighted by Crippen LogP contribution is -2.09. The molecule has 0 saturated heterocycles. The molecule has 0 aliphatic heterocycles. The third-order valence-corrected chi connectivity index (χ3v) is 10.3. The van der Waals surface area contributed by atoms with Crippen LogP contribution < -0.4 is 0 Å². The molecule has 2 unspecified atom stereocenters. The van der Waals surface area contributed by atoms with E-state index in [2.05, 4.69) is 12.6 Å². The molecular formula is C32H42O6S3. The Hall–Kier alpha value is -2.17. The quantitative estimate of drug-likeness (QED) is 0.0901. The summed E-state index contributed by atoms with van der Waals surface area (Å²) in [5.41, 5.74) is 5.49. The lowest BCUT2D eigenvalue weighted by Gasteiger charge is -2.20. The fourth-order valence-corrected chi connectivity index (χ4v) is 7.70. The van der Waals surface area contributed by atoms with Gasteiger partial charge in [-0.15, -0.1) is 0 Å². The van der Waals surface area contributed by atoms with Gasteiger partial charge in [-0.1, -0.05) is 81.6 Å². The highest BCUT2D eigenvalue weighted by Gasteiger charge is 2.23. The fraction of sp³-hybridized carbons (Fsp3) is 0.438. The molecule has 0 amide bonds. The zero-order chi connectivity index (χ0) is 30.2. The number of hydrogen-bond donors (Lipinski definition) is 3. The molecule has 0 spiro atoms. The summed E-state index contributed by atoms with van der Waals surface area (Å²) in [6.45, 7) is 6.08. The summed E-state index contributed by atoms with van der Waals surface area (Å²) in [6, 6.07) is 18.1. The third kappa shape index (κ3) is 8.91. The highest BCUT2D eigenvalue weighted by atomic mass is 32.2. The van der Waals surface area contributed by atoms with Crippen LogP contribution in [-0.4, -0.2) is 25.9 Å². The van der Waals surface area contributed by atoms with Gasteiger partial charge in [-0.3, -0.25) is 9.11 Å². The van der Waals surface area contributed by atoms with Crippen molar-refractivity contribution in [2.75, 3.05) is 0 Å². The van der Waals surface area contributed by atoms with Crippen LogP contribution in [0.5, 0.6) is 0 Å². The average molecular weight is 619 g/mol. The standard InChI is InChI=1S/C32H42O6S3/c1-4-25(29-16-9-10-17-31(29)40(33,34)35)12-7-6-8-13-26(5-2)30-19-18-24(21-32(30)41(36,37)38)20-27-14-11-15-28(22-39)23(27)3/h9-11,14-19,21,25-26,39H,4-8,12-13,20,22H2,1-3H3,(H,33,34,35)(H,36,37,38). The van der Waals surface area contributed by atoms with E-state index in [0.717, 1.165) is 67.2 Å². The third-order valence-electron chi connectivity index (χ3n) is 8.15. The van der Waals surface area contributed by atoms with Crippen LogP contribution in [-0.2, 0) is 32.4 Å². The van der Waals surface area contributed by atoms with Gasteiger partial charge in [0.2, 0.25) is 0 Å². The smallest absolute Gasteiger partial charge is 0.282 e. The van der Waals surface area contributed by atoms with Gasteiger partial charge in [0.1, 0.15) is 0 Å². The Labute approximate surface area is 251 Å². The Morgan fingerprint density at radius 2 is 1.27 bits per heavy atom. The normalized spacial score (nSPS) is 13.7. The number of benzene rings is 3. The van der Waals surface area contributed by atoms with Gasteiger partial charge in [0, 0.05) is 5.75 Å². The van der Waals surface area contributed by atoms with E-state index in [1.165, 1.54) is 6.07 Å². The summed E-state index contributed by atoms with van der Waals surface area (Å²) in [7, 11) is -8.69. The van der Waals surface area contributed by atoms with Crippen LogP contribution >= 0.6 is 12.6 Å². The van der Waals surface area contributed by atoms with Crippen molar-refractivity contribution in [1.29, 1.82) is 0 Å². The molecule has 3 aromatic carbocycles. The summed E-state index contributed by atoms with van der Waals surface area (Å²) in [4.78, 5) is -0.0404. The molecule has 3 aromatic rings. The second kappa shape index (κ2) is 14.8. The van der Waals surface area contributed by atoms with Gasteiger partial charge in [-0.25, -0.2) is 0 Å². The topological polar surface area (TPSA) is 109 Å². The van der Waals surface area contributed by atoms with Crippen molar-refractivity contribution in [3.63, 3.8) is 0 Å². The van der Waals surface area contributed by atoms with Crippen LogP contribution in [0.1, 0.15) is 104 Å². The lowest BCUT2D eigenvalue weighted by molar-refractivity contribution is 0.473. The maximum atomic E-state index is 12.4. The van der Waals surface area contributed by atoms with E-state index in [1.54, 1.807) is 24.3 Å². The summed E-state index contributed by atoms with van der Waals surface area (Å²) in [6.07, 6.45) is 6.28. The maximum absolute atomic E-state index is 12.4. The second-order valence-electron chi connectivity index (χ2n) is 10.7. The first-order valence-electron chi connectivity index (χ1n) is 14.3. The van der Waals surface area contributed by atoms with Gasteiger partial charge < -0.3 is 0 Å². The van der Waals surface area contributed by atoms with E-state index in [1.807, 2.05) is 51.1 Å². The molecule has 41 heavy (non-hydrogen) atoms. The van der Waals surface area contributed by atoms with Crippen LogP contribution in [0.25, 0.3) is 0 Å². The number of rotatable bonds is 15. The van der Waals surface area contributed by atoms with Crippen molar-refractivity contribution in [1.82, 2.24) is 0 Å². The molecule has 0 fully saturated rings. The largest absolute Gasteiger partial charge is 0.294 e. The van der Waals surface area contributed by atoms with E-state index in [0.29, 0.717) is 23.3 Å². The molecule has 0 aromatic heterocycles. The second-order valence-corrected chi connectivity index (χ2v) is 13.8. The number of unbranched alkanes of at least 4 members (excludes halogenated alkanes) is 2. The number of hydrogen-bond acceptors (Lipinski definition) is 5. The van der Waals surface area contributed by atoms with Crippen molar-refractivity contribution >= 4 is 32.9 Å². The first-order chi connectivity index (χ1) is 19.4. The lowest BCUT2D eigenvalue weighted by atomic mass is 9.88. The molecule has 0 radical (unpaired) electrons. The summed E-state index contributed by atoms with van der Waals surface area (Å²) < 4.78 is 68.3. The Bertz CT molecular complexity index is 1530. The zero-order valence-corrected chi connectivity index (χ0v) is 26.6. The predicted octanol–water partition coefficient (Wildman–Crippen LogP) is 8.15. The molecule has 0 heterocycles. The van der Waals surface area contributed by atoms with Crippen molar-refractivity contribution < 1.29 is 25.9 Å². The summed E-state index contributed by atoms with van der Waals surface area (Å²) in [5, 5.41) is 0. The molecule has 9 heteroatoms. The van der Waals surface area contributed by atoms with E-state index in [9.17, 15) is 25.9 Å². The molecule has 0 aliphatic rings. The van der Waals surface area contributed by atoms with Crippen LogP contribution in [0.15, 0.2) is 70.5 Å². The molecule has 224 valence electrons. The molecule has 0 bridgehead atoms. The molecule has 6 nitrogen and oxygen atoms in total. The fourth-order valence-electron chi connectivity index (χ4n) is 5.74. The maximum Gasteiger partial charge on any atom is 0.294 e. The zero-order valence-electron chi connectivity index (χ0n) is 24.1. The monoisotopic (exact) mass is 618 g/mol. The van der Waals surface area contributed by atoms with E-state index in [-0.39, 0.29) is 21.6 Å². The van der Waals surface area contributed by atoms with Crippen LogP contribution in [0.4, 0.5) is 0 Å². The van der Waals surface area contributed by atoms with Crippen LogP contribution in [0.2, 0.25) is 0 Å². The molecule has 3 rings (SSSR count). The minimum absolute atomic E-state index is 0.0160. The van der Waals surface area contributed by atoms with Gasteiger partial charge >= 0.3 is 0 Å². The van der Waals surface area contributed by atoms with Crippen LogP contribution in [0, 0.1) is 6.92 Å². The van der Waals surface area contributed by atoms with Crippen molar-refractivity contribution in [3.05, 3.63) is 94.0 Å². The molecule has 2 atom stereocenters. The summed E-state index contributed by atoms with van der Waals surface area (Å²) in [5.74, 6) is 0.632. The van der Waals surface area contributed by atoms with Crippen LogP contribution in [0.3, 0.4) is 0 Å². The average Bonchev–Trinajstić information content (AvgIpc) is 2.93. The van der Waals surface area contributed by atoms with Gasteiger partial charge in [0.15, 0.2) is 0 Å². The molecule has 0 aliphatic carbocycles. The highest BCUT2D eigenvalue weighted by Crippen LogP contribution is 2.34. The first kappa shape index (κ1) is 33.3. The SMILES string of the molecule is CCC(CCCCCC(CC)c1ccc(Cc2cccc(CS)c2C)cc1S(=O)(=O)O)c1ccccc1S(=O)(=O)O. The summed E-state index contributed by atoms with van der Waals surface area (Å²) >= 11 is 4.40. The van der Waals surface area contributed by atoms with Gasteiger partial charge in [0.05, 0.1) is 9.79 Å².